The highest BCUT2D eigenvalue weighted by Gasteiger charge is 2.33. The van der Waals surface area contributed by atoms with Crippen molar-refractivity contribution in [3.8, 4) is 0 Å². The molecule has 2 aliphatic rings. The molecule has 1 amide bonds. The summed E-state index contributed by atoms with van der Waals surface area (Å²) >= 11 is 0. The number of aromatic nitrogens is 1. The smallest absolute Gasteiger partial charge is 0.228 e. The van der Waals surface area contributed by atoms with Gasteiger partial charge in [-0.3, -0.25) is 10.2 Å². The Morgan fingerprint density at radius 2 is 2.23 bits per heavy atom. The van der Waals surface area contributed by atoms with E-state index in [2.05, 4.69) is 20.8 Å². The fourth-order valence-electron chi connectivity index (χ4n) is 2.66. The number of anilines is 2. The van der Waals surface area contributed by atoms with Crippen molar-refractivity contribution in [2.24, 2.45) is 11.0 Å². The van der Waals surface area contributed by atoms with E-state index in [1.165, 1.54) is 0 Å². The highest BCUT2D eigenvalue weighted by molar-refractivity contribution is 6.50. The molecular weight excluding hydrogens is 280 g/mol. The average molecular weight is 300 g/mol. The third kappa shape index (κ3) is 2.54. The summed E-state index contributed by atoms with van der Waals surface area (Å²) in [6.45, 7) is 2.37. The molecule has 1 aromatic heterocycles. The van der Waals surface area contributed by atoms with E-state index in [9.17, 15) is 4.79 Å². The SMILES string of the molecule is CN/N=C1/CN(C)c2c(cc(C)nc2NC(=O)C2CC2)C1=N. The maximum absolute atomic E-state index is 12.1. The normalized spacial score (nSPS) is 19.1. The van der Waals surface area contributed by atoms with E-state index in [0.717, 1.165) is 29.8 Å². The molecule has 7 heteroatoms. The molecule has 3 rings (SSSR count). The maximum Gasteiger partial charge on any atom is 0.228 e. The van der Waals surface area contributed by atoms with Gasteiger partial charge in [-0.1, -0.05) is 0 Å². The van der Waals surface area contributed by atoms with Gasteiger partial charge in [0, 0.05) is 31.3 Å². The zero-order valence-electron chi connectivity index (χ0n) is 13.0. The second-order valence-corrected chi connectivity index (χ2v) is 5.79. The number of aryl methyl sites for hydroxylation is 1. The van der Waals surface area contributed by atoms with Gasteiger partial charge in [0.05, 0.1) is 17.9 Å². The minimum absolute atomic E-state index is 0.0231. The number of nitrogens with one attached hydrogen (secondary N) is 3. The van der Waals surface area contributed by atoms with Crippen LogP contribution in [0.15, 0.2) is 11.2 Å². The number of carbonyl (C=O) groups excluding carboxylic acids is 1. The van der Waals surface area contributed by atoms with Crippen LogP contribution in [0.2, 0.25) is 0 Å². The first-order valence-corrected chi connectivity index (χ1v) is 7.37. The lowest BCUT2D eigenvalue weighted by Crippen LogP contribution is -2.39. The Balaban J connectivity index is 2.03. The number of hydrogen-bond acceptors (Lipinski definition) is 6. The lowest BCUT2D eigenvalue weighted by atomic mass is 9.98. The molecule has 3 N–H and O–H groups in total. The summed E-state index contributed by atoms with van der Waals surface area (Å²) in [5.41, 5.74) is 6.09. The van der Waals surface area contributed by atoms with Gasteiger partial charge in [0.15, 0.2) is 5.82 Å². The van der Waals surface area contributed by atoms with Gasteiger partial charge in [-0.25, -0.2) is 4.98 Å². The molecule has 0 spiro atoms. The monoisotopic (exact) mass is 300 g/mol. The molecule has 1 saturated carbocycles. The van der Waals surface area contributed by atoms with Crippen LogP contribution in [0.3, 0.4) is 0 Å². The van der Waals surface area contributed by atoms with Gasteiger partial charge in [0.2, 0.25) is 5.91 Å². The first-order chi connectivity index (χ1) is 10.5. The molecule has 0 unspecified atom stereocenters. The predicted octanol–water partition coefficient (Wildman–Crippen LogP) is 1.13. The van der Waals surface area contributed by atoms with Gasteiger partial charge in [0.1, 0.15) is 5.71 Å². The van der Waals surface area contributed by atoms with Gasteiger partial charge in [-0.05, 0) is 25.8 Å². The first-order valence-electron chi connectivity index (χ1n) is 7.37. The minimum atomic E-state index is 0.0231. The first kappa shape index (κ1) is 14.5. The second kappa shape index (κ2) is 5.40. The van der Waals surface area contributed by atoms with Crippen LogP contribution in [-0.2, 0) is 4.79 Å². The van der Waals surface area contributed by atoms with E-state index in [0.29, 0.717) is 23.8 Å². The summed E-state index contributed by atoms with van der Waals surface area (Å²) in [5, 5.41) is 15.4. The number of carbonyl (C=O) groups is 1. The van der Waals surface area contributed by atoms with Crippen LogP contribution in [0.5, 0.6) is 0 Å². The van der Waals surface area contributed by atoms with Crippen LogP contribution < -0.4 is 15.6 Å². The van der Waals surface area contributed by atoms with E-state index in [1.807, 2.05) is 24.9 Å². The lowest BCUT2D eigenvalue weighted by Gasteiger charge is -2.30. The van der Waals surface area contributed by atoms with Crippen molar-refractivity contribution in [1.82, 2.24) is 10.4 Å². The van der Waals surface area contributed by atoms with Gasteiger partial charge < -0.3 is 15.6 Å². The predicted molar refractivity (Wildman–Crippen MR) is 86.9 cm³/mol. The molecule has 0 saturated heterocycles. The Labute approximate surface area is 129 Å². The summed E-state index contributed by atoms with van der Waals surface area (Å²) in [4.78, 5) is 18.5. The minimum Gasteiger partial charge on any atom is -0.365 e. The Kier molecular flexibility index (Phi) is 3.56. The largest absolute Gasteiger partial charge is 0.365 e. The third-order valence-corrected chi connectivity index (χ3v) is 3.88. The van der Waals surface area contributed by atoms with Gasteiger partial charge in [0.25, 0.3) is 0 Å². The van der Waals surface area contributed by atoms with Crippen LogP contribution in [-0.4, -0.2) is 43.0 Å². The molecule has 7 nitrogen and oxygen atoms in total. The fourth-order valence-corrected chi connectivity index (χ4v) is 2.66. The van der Waals surface area contributed by atoms with Crippen molar-refractivity contribution >= 4 is 28.8 Å². The van der Waals surface area contributed by atoms with Gasteiger partial charge >= 0.3 is 0 Å². The van der Waals surface area contributed by atoms with E-state index < -0.39 is 0 Å². The van der Waals surface area contributed by atoms with Crippen LogP contribution in [0.1, 0.15) is 24.1 Å². The van der Waals surface area contributed by atoms with Crippen molar-refractivity contribution in [3.05, 3.63) is 17.3 Å². The van der Waals surface area contributed by atoms with Gasteiger partial charge in [-0.15, -0.1) is 0 Å². The van der Waals surface area contributed by atoms with E-state index in [-0.39, 0.29) is 11.8 Å². The number of hydrogen-bond donors (Lipinski definition) is 3. The summed E-state index contributed by atoms with van der Waals surface area (Å²) in [7, 11) is 3.63. The third-order valence-electron chi connectivity index (χ3n) is 3.88. The summed E-state index contributed by atoms with van der Waals surface area (Å²) in [6.07, 6.45) is 1.90. The lowest BCUT2D eigenvalue weighted by molar-refractivity contribution is -0.117. The highest BCUT2D eigenvalue weighted by Crippen LogP contribution is 2.35. The molecule has 1 aliphatic heterocycles. The number of pyridine rings is 1. The number of hydrazone groups is 1. The number of amides is 1. The van der Waals surface area contributed by atoms with Crippen molar-refractivity contribution in [3.63, 3.8) is 0 Å². The van der Waals surface area contributed by atoms with Crippen LogP contribution in [0.25, 0.3) is 0 Å². The topological polar surface area (TPSA) is 93.5 Å². The summed E-state index contributed by atoms with van der Waals surface area (Å²) in [5.74, 6) is 0.685. The Morgan fingerprint density at radius 3 is 2.86 bits per heavy atom. The average Bonchev–Trinajstić information content (AvgIpc) is 3.28. The van der Waals surface area contributed by atoms with E-state index in [4.69, 9.17) is 5.41 Å². The quantitative estimate of drug-likeness (QED) is 0.730. The van der Waals surface area contributed by atoms with Crippen molar-refractivity contribution in [1.29, 1.82) is 5.41 Å². The molecule has 1 aliphatic carbocycles. The Bertz CT molecular complexity index is 677. The highest BCUT2D eigenvalue weighted by atomic mass is 16.2. The second-order valence-electron chi connectivity index (χ2n) is 5.79. The van der Waals surface area contributed by atoms with Gasteiger partial charge in [-0.2, -0.15) is 5.10 Å². The number of rotatable bonds is 3. The van der Waals surface area contributed by atoms with E-state index >= 15 is 0 Å². The molecule has 0 bridgehead atoms. The number of nitrogens with zero attached hydrogens (tertiary/aromatic N) is 3. The summed E-state index contributed by atoms with van der Waals surface area (Å²) in [6, 6.07) is 1.87. The van der Waals surface area contributed by atoms with Crippen LogP contribution in [0.4, 0.5) is 11.5 Å². The van der Waals surface area contributed by atoms with Crippen molar-refractivity contribution < 1.29 is 4.79 Å². The molecule has 1 aromatic rings. The van der Waals surface area contributed by atoms with Crippen LogP contribution in [0, 0.1) is 18.3 Å². The van der Waals surface area contributed by atoms with Crippen LogP contribution >= 0.6 is 0 Å². The summed E-state index contributed by atoms with van der Waals surface area (Å²) < 4.78 is 0. The molecule has 1 fully saturated rings. The Hall–Kier alpha value is -2.44. The zero-order valence-corrected chi connectivity index (χ0v) is 13.0. The Morgan fingerprint density at radius 1 is 1.50 bits per heavy atom. The van der Waals surface area contributed by atoms with Crippen molar-refractivity contribution in [2.75, 3.05) is 30.9 Å². The molecule has 0 aromatic carbocycles. The molecule has 0 radical (unpaired) electrons. The zero-order chi connectivity index (χ0) is 15.9. The maximum atomic E-state index is 12.1. The number of fused-ring (bicyclic) bond motifs is 1. The molecule has 2 heterocycles. The standard InChI is InChI=1S/C15H20N6O/c1-8-6-10-12(16)11(20-17-2)7-21(3)13(10)14(18-8)19-15(22)9-4-5-9/h6,9,16-17H,4-5,7H2,1-3H3,(H,18,19,22)/b16-12?,20-11-. The van der Waals surface area contributed by atoms with E-state index in [1.54, 1.807) is 7.05 Å². The molecular formula is C15H20N6O. The van der Waals surface area contributed by atoms with Crippen molar-refractivity contribution in [2.45, 2.75) is 19.8 Å². The fraction of sp³-hybridized carbons (Fsp3) is 0.467. The molecule has 0 atom stereocenters. The molecule has 22 heavy (non-hydrogen) atoms. The molecule has 116 valence electrons.